The largest absolute Gasteiger partial charge is 0.398 e. The Labute approximate surface area is 123 Å². The lowest BCUT2D eigenvalue weighted by Crippen LogP contribution is -2.49. The Bertz CT molecular complexity index is 623. The number of rotatable bonds is 2. The molecular weight excluding hydrogens is 266 g/mol. The van der Waals surface area contributed by atoms with Crippen molar-refractivity contribution in [2.24, 2.45) is 0 Å². The Kier molecular flexibility index (Phi) is 3.68. The smallest absolute Gasteiger partial charge is 0.257 e. The molecule has 1 amide bonds. The fraction of sp³-hybridized carbons (Fsp3) is 0.267. The average Bonchev–Trinajstić information content (AvgIpc) is 2.56. The van der Waals surface area contributed by atoms with Gasteiger partial charge in [0.25, 0.3) is 5.91 Å². The summed E-state index contributed by atoms with van der Waals surface area (Å²) in [6.45, 7) is 2.85. The van der Waals surface area contributed by atoms with E-state index in [0.29, 0.717) is 24.3 Å². The van der Waals surface area contributed by atoms with Crippen LogP contribution in [0.3, 0.4) is 0 Å². The van der Waals surface area contributed by atoms with Gasteiger partial charge in [0, 0.05) is 50.5 Å². The Morgan fingerprint density at radius 2 is 1.90 bits per heavy atom. The van der Waals surface area contributed by atoms with E-state index in [1.807, 2.05) is 23.1 Å². The van der Waals surface area contributed by atoms with Crippen LogP contribution in [0.4, 0.5) is 11.5 Å². The minimum atomic E-state index is -0.0544. The van der Waals surface area contributed by atoms with Crippen molar-refractivity contribution in [2.75, 3.05) is 36.8 Å². The molecule has 0 saturated carbocycles. The molecule has 108 valence electrons. The first kappa shape index (κ1) is 13.4. The molecule has 0 bridgehead atoms. The summed E-state index contributed by atoms with van der Waals surface area (Å²) in [6.07, 6.45) is 4.90. The van der Waals surface area contributed by atoms with Crippen LogP contribution in [0.25, 0.3) is 0 Å². The van der Waals surface area contributed by atoms with E-state index in [2.05, 4.69) is 14.9 Å². The molecule has 0 atom stereocenters. The standard InChI is InChI=1S/C15H17N5O/c16-13-4-6-17-11-12(13)15(21)20-9-7-19(8-10-20)14-3-1-2-5-18-14/h1-6,11H,7-10H2,(H2,16,17). The van der Waals surface area contributed by atoms with Gasteiger partial charge >= 0.3 is 0 Å². The number of nitrogens with zero attached hydrogens (tertiary/aromatic N) is 4. The molecule has 2 aromatic rings. The molecule has 21 heavy (non-hydrogen) atoms. The zero-order chi connectivity index (χ0) is 14.7. The number of aromatic nitrogens is 2. The number of amides is 1. The number of nitrogen functional groups attached to an aromatic ring is 1. The second-order valence-corrected chi connectivity index (χ2v) is 4.93. The molecule has 1 saturated heterocycles. The molecule has 0 aliphatic carbocycles. The molecule has 3 rings (SSSR count). The molecule has 3 heterocycles. The van der Waals surface area contributed by atoms with Crippen molar-refractivity contribution in [1.29, 1.82) is 0 Å². The van der Waals surface area contributed by atoms with Crippen molar-refractivity contribution in [3.05, 3.63) is 48.4 Å². The van der Waals surface area contributed by atoms with E-state index in [1.54, 1.807) is 18.5 Å². The highest BCUT2D eigenvalue weighted by Gasteiger charge is 2.23. The summed E-state index contributed by atoms with van der Waals surface area (Å²) >= 11 is 0. The third-order valence-electron chi connectivity index (χ3n) is 3.63. The van der Waals surface area contributed by atoms with Gasteiger partial charge in [-0.25, -0.2) is 4.98 Å². The van der Waals surface area contributed by atoms with Crippen molar-refractivity contribution < 1.29 is 4.79 Å². The van der Waals surface area contributed by atoms with Crippen molar-refractivity contribution in [2.45, 2.75) is 0 Å². The van der Waals surface area contributed by atoms with E-state index in [9.17, 15) is 4.79 Å². The van der Waals surface area contributed by atoms with Crippen molar-refractivity contribution in [3.63, 3.8) is 0 Å². The lowest BCUT2D eigenvalue weighted by Gasteiger charge is -2.35. The van der Waals surface area contributed by atoms with Gasteiger partial charge in [-0.3, -0.25) is 9.78 Å². The molecule has 6 heteroatoms. The van der Waals surface area contributed by atoms with Crippen LogP contribution in [0.5, 0.6) is 0 Å². The zero-order valence-corrected chi connectivity index (χ0v) is 11.6. The summed E-state index contributed by atoms with van der Waals surface area (Å²) in [4.78, 5) is 24.7. The first-order valence-corrected chi connectivity index (χ1v) is 6.90. The summed E-state index contributed by atoms with van der Waals surface area (Å²) in [5, 5.41) is 0. The molecule has 2 N–H and O–H groups in total. The number of carbonyl (C=O) groups excluding carboxylic acids is 1. The SMILES string of the molecule is Nc1ccncc1C(=O)N1CCN(c2ccccn2)CC1. The summed E-state index contributed by atoms with van der Waals surface area (Å²) < 4.78 is 0. The van der Waals surface area contributed by atoms with Gasteiger partial charge in [-0.2, -0.15) is 0 Å². The first-order chi connectivity index (χ1) is 10.3. The molecule has 6 nitrogen and oxygen atoms in total. The van der Waals surface area contributed by atoms with Gasteiger partial charge in [0.15, 0.2) is 0 Å². The van der Waals surface area contributed by atoms with Crippen LogP contribution in [-0.4, -0.2) is 47.0 Å². The van der Waals surface area contributed by atoms with E-state index in [0.717, 1.165) is 18.9 Å². The molecule has 1 aliphatic heterocycles. The summed E-state index contributed by atoms with van der Waals surface area (Å²) in [5.41, 5.74) is 6.79. The maximum atomic E-state index is 12.4. The second kappa shape index (κ2) is 5.78. The highest BCUT2D eigenvalue weighted by molar-refractivity contribution is 5.98. The zero-order valence-electron chi connectivity index (χ0n) is 11.6. The van der Waals surface area contributed by atoms with Crippen LogP contribution >= 0.6 is 0 Å². The number of hydrogen-bond donors (Lipinski definition) is 1. The quantitative estimate of drug-likeness (QED) is 0.890. The molecule has 1 fully saturated rings. The van der Waals surface area contributed by atoms with Gasteiger partial charge in [0.2, 0.25) is 0 Å². The maximum absolute atomic E-state index is 12.4. The first-order valence-electron chi connectivity index (χ1n) is 6.90. The average molecular weight is 283 g/mol. The molecule has 0 unspecified atom stereocenters. The third-order valence-corrected chi connectivity index (χ3v) is 3.63. The Hall–Kier alpha value is -2.63. The number of hydrogen-bond acceptors (Lipinski definition) is 5. The van der Waals surface area contributed by atoms with Gasteiger partial charge in [0.1, 0.15) is 5.82 Å². The monoisotopic (exact) mass is 283 g/mol. The van der Waals surface area contributed by atoms with Crippen LogP contribution in [0.2, 0.25) is 0 Å². The predicted molar refractivity (Wildman–Crippen MR) is 81.0 cm³/mol. The Morgan fingerprint density at radius 1 is 1.10 bits per heavy atom. The fourth-order valence-electron chi connectivity index (χ4n) is 2.43. The highest BCUT2D eigenvalue weighted by Crippen LogP contribution is 2.16. The lowest BCUT2D eigenvalue weighted by atomic mass is 10.2. The molecule has 1 aliphatic rings. The number of carbonyl (C=O) groups is 1. The number of piperazine rings is 1. The predicted octanol–water partition coefficient (Wildman–Crippen LogP) is 1.02. The lowest BCUT2D eigenvalue weighted by molar-refractivity contribution is 0.0747. The molecule has 0 radical (unpaired) electrons. The normalized spacial score (nSPS) is 15.0. The van der Waals surface area contributed by atoms with E-state index in [-0.39, 0.29) is 5.91 Å². The topological polar surface area (TPSA) is 75.3 Å². The summed E-state index contributed by atoms with van der Waals surface area (Å²) in [6, 6.07) is 7.50. The van der Waals surface area contributed by atoms with E-state index >= 15 is 0 Å². The van der Waals surface area contributed by atoms with Crippen LogP contribution in [0.1, 0.15) is 10.4 Å². The van der Waals surface area contributed by atoms with Gasteiger partial charge in [-0.15, -0.1) is 0 Å². The van der Waals surface area contributed by atoms with E-state index < -0.39 is 0 Å². The minimum Gasteiger partial charge on any atom is -0.398 e. The highest BCUT2D eigenvalue weighted by atomic mass is 16.2. The van der Waals surface area contributed by atoms with Crippen LogP contribution in [0.15, 0.2) is 42.9 Å². The summed E-state index contributed by atoms with van der Waals surface area (Å²) in [5.74, 6) is 0.895. The fourth-order valence-corrected chi connectivity index (χ4v) is 2.43. The molecule has 2 aromatic heterocycles. The molecule has 0 aromatic carbocycles. The Balaban J connectivity index is 1.66. The van der Waals surface area contributed by atoms with Crippen molar-refractivity contribution >= 4 is 17.4 Å². The van der Waals surface area contributed by atoms with E-state index in [1.165, 1.54) is 6.20 Å². The van der Waals surface area contributed by atoms with Crippen LogP contribution in [0, 0.1) is 0 Å². The van der Waals surface area contributed by atoms with Crippen LogP contribution in [-0.2, 0) is 0 Å². The second-order valence-electron chi connectivity index (χ2n) is 4.93. The number of nitrogens with two attached hydrogens (primary N) is 1. The van der Waals surface area contributed by atoms with Gasteiger partial charge in [-0.05, 0) is 18.2 Å². The van der Waals surface area contributed by atoms with Crippen LogP contribution < -0.4 is 10.6 Å². The van der Waals surface area contributed by atoms with Crippen molar-refractivity contribution in [3.8, 4) is 0 Å². The maximum Gasteiger partial charge on any atom is 0.257 e. The molecular formula is C15H17N5O. The summed E-state index contributed by atoms with van der Waals surface area (Å²) in [7, 11) is 0. The minimum absolute atomic E-state index is 0.0544. The number of pyridine rings is 2. The number of anilines is 2. The van der Waals surface area contributed by atoms with E-state index in [4.69, 9.17) is 5.73 Å². The van der Waals surface area contributed by atoms with Gasteiger partial charge in [0.05, 0.1) is 5.56 Å². The van der Waals surface area contributed by atoms with Gasteiger partial charge in [-0.1, -0.05) is 6.07 Å². The van der Waals surface area contributed by atoms with Gasteiger partial charge < -0.3 is 15.5 Å². The van der Waals surface area contributed by atoms with Crippen molar-refractivity contribution in [1.82, 2.24) is 14.9 Å². The Morgan fingerprint density at radius 3 is 2.57 bits per heavy atom. The molecule has 0 spiro atoms. The third kappa shape index (κ3) is 2.79.